The molecule has 0 unspecified atom stereocenters. The lowest BCUT2D eigenvalue weighted by molar-refractivity contribution is 0.0939. The number of nitrogens with one attached hydrogen (secondary N) is 2. The summed E-state index contributed by atoms with van der Waals surface area (Å²) in [6.45, 7) is 1.75. The predicted molar refractivity (Wildman–Crippen MR) is 99.3 cm³/mol. The molecular weight excluding hydrogens is 352 g/mol. The van der Waals surface area contributed by atoms with Gasteiger partial charge < -0.3 is 10.1 Å². The Bertz CT molecular complexity index is 915. The van der Waals surface area contributed by atoms with Crippen LogP contribution in [0.5, 0.6) is 5.75 Å². The molecule has 1 amide bonds. The van der Waals surface area contributed by atoms with E-state index < -0.39 is 10.0 Å². The van der Waals surface area contributed by atoms with Gasteiger partial charge in [-0.3, -0.25) is 4.79 Å². The van der Waals surface area contributed by atoms with Gasteiger partial charge in [0, 0.05) is 11.1 Å². The Morgan fingerprint density at radius 3 is 2.46 bits per heavy atom. The van der Waals surface area contributed by atoms with Crippen molar-refractivity contribution in [2.24, 2.45) is 0 Å². The first-order chi connectivity index (χ1) is 12.4. The number of ether oxygens (including phenoxy) is 1. The van der Waals surface area contributed by atoms with Crippen molar-refractivity contribution in [3.63, 3.8) is 0 Å². The van der Waals surface area contributed by atoms with Gasteiger partial charge in [0.05, 0.1) is 24.6 Å². The third-order valence-corrected chi connectivity index (χ3v) is 5.16. The fourth-order valence-corrected chi connectivity index (χ4v) is 3.32. The Balaban J connectivity index is 2.12. The first kappa shape index (κ1) is 19.5. The first-order valence-corrected chi connectivity index (χ1v) is 9.34. The monoisotopic (exact) mass is 372 g/mol. The van der Waals surface area contributed by atoms with Crippen LogP contribution in [0.2, 0.25) is 0 Å². The number of benzene rings is 2. The third-order valence-electron chi connectivity index (χ3n) is 3.74. The van der Waals surface area contributed by atoms with Crippen molar-refractivity contribution in [3.8, 4) is 18.1 Å². The fraction of sp³-hybridized carbons (Fsp3) is 0.211. The van der Waals surface area contributed by atoms with Crippen LogP contribution < -0.4 is 14.8 Å². The maximum absolute atomic E-state index is 12.4. The number of rotatable bonds is 7. The summed E-state index contributed by atoms with van der Waals surface area (Å²) in [5, 5.41) is 2.87. The SMILES string of the molecule is C#CCNS(=O)(=O)c1ccc(C(=O)N[C@H](C)c2ccccc2OC)cc1. The zero-order chi connectivity index (χ0) is 19.2. The summed E-state index contributed by atoms with van der Waals surface area (Å²) in [6, 6.07) is 12.8. The van der Waals surface area contributed by atoms with Gasteiger partial charge in [-0.1, -0.05) is 24.1 Å². The van der Waals surface area contributed by atoms with Gasteiger partial charge in [-0.2, -0.15) is 4.72 Å². The number of amides is 1. The predicted octanol–water partition coefficient (Wildman–Crippen LogP) is 2.10. The first-order valence-electron chi connectivity index (χ1n) is 7.86. The molecule has 2 aromatic rings. The van der Waals surface area contributed by atoms with E-state index in [-0.39, 0.29) is 23.4 Å². The van der Waals surface area contributed by atoms with Gasteiger partial charge in [0.25, 0.3) is 5.91 Å². The highest BCUT2D eigenvalue weighted by atomic mass is 32.2. The highest BCUT2D eigenvalue weighted by Crippen LogP contribution is 2.24. The minimum Gasteiger partial charge on any atom is -0.496 e. The van der Waals surface area contributed by atoms with E-state index in [1.165, 1.54) is 24.3 Å². The van der Waals surface area contributed by atoms with Crippen LogP contribution >= 0.6 is 0 Å². The second-order valence-electron chi connectivity index (χ2n) is 5.49. The number of para-hydroxylation sites is 1. The minimum absolute atomic E-state index is 0.0436. The molecule has 2 aromatic carbocycles. The molecule has 0 radical (unpaired) electrons. The molecule has 0 saturated carbocycles. The van der Waals surface area contributed by atoms with Gasteiger partial charge in [0.15, 0.2) is 0 Å². The quantitative estimate of drug-likeness (QED) is 0.729. The van der Waals surface area contributed by atoms with Gasteiger partial charge in [0.1, 0.15) is 5.75 Å². The lowest BCUT2D eigenvalue weighted by atomic mass is 10.1. The Morgan fingerprint density at radius 1 is 1.19 bits per heavy atom. The van der Waals surface area contributed by atoms with E-state index in [4.69, 9.17) is 11.2 Å². The molecule has 7 heteroatoms. The standard InChI is InChI=1S/C19H20N2O4S/c1-4-13-20-26(23,24)16-11-9-15(10-12-16)19(22)21-14(2)17-7-5-6-8-18(17)25-3/h1,5-12,14,20H,13H2,2-3H3,(H,21,22)/t14-/m1/s1. The van der Waals surface area contributed by atoms with Crippen molar-refractivity contribution in [1.82, 2.24) is 10.0 Å². The molecule has 0 saturated heterocycles. The fourth-order valence-electron chi connectivity index (χ4n) is 2.39. The molecule has 2 N–H and O–H groups in total. The maximum atomic E-state index is 12.4. The molecule has 0 heterocycles. The molecule has 0 aliphatic heterocycles. The summed E-state index contributed by atoms with van der Waals surface area (Å²) in [4.78, 5) is 12.5. The number of carbonyl (C=O) groups is 1. The third kappa shape index (κ3) is 4.63. The largest absolute Gasteiger partial charge is 0.496 e. The minimum atomic E-state index is -3.68. The zero-order valence-electron chi connectivity index (χ0n) is 14.5. The number of carbonyl (C=O) groups excluding carboxylic acids is 1. The van der Waals surface area contributed by atoms with E-state index in [2.05, 4.69) is 16.0 Å². The summed E-state index contributed by atoms with van der Waals surface area (Å²) in [6.07, 6.45) is 5.05. The van der Waals surface area contributed by atoms with Gasteiger partial charge in [-0.15, -0.1) is 6.42 Å². The summed E-state index contributed by atoms with van der Waals surface area (Å²) < 4.78 is 31.5. The van der Waals surface area contributed by atoms with Crippen LogP contribution in [-0.2, 0) is 10.0 Å². The molecule has 0 fully saturated rings. The van der Waals surface area contributed by atoms with Gasteiger partial charge in [-0.25, -0.2) is 8.42 Å². The molecule has 6 nitrogen and oxygen atoms in total. The molecule has 136 valence electrons. The van der Waals surface area contributed by atoms with E-state index in [1.807, 2.05) is 31.2 Å². The average Bonchev–Trinajstić information content (AvgIpc) is 2.66. The van der Waals surface area contributed by atoms with Crippen molar-refractivity contribution in [2.75, 3.05) is 13.7 Å². The van der Waals surface area contributed by atoms with Crippen LogP contribution in [0.1, 0.15) is 28.9 Å². The maximum Gasteiger partial charge on any atom is 0.251 e. The van der Waals surface area contributed by atoms with Crippen LogP contribution in [0.3, 0.4) is 0 Å². The Kier molecular flexibility index (Phi) is 6.39. The average molecular weight is 372 g/mol. The van der Waals surface area contributed by atoms with Crippen molar-refractivity contribution in [1.29, 1.82) is 0 Å². The Morgan fingerprint density at radius 2 is 1.85 bits per heavy atom. The van der Waals surface area contributed by atoms with Crippen molar-refractivity contribution in [2.45, 2.75) is 17.9 Å². The summed E-state index contributed by atoms with van der Waals surface area (Å²) in [5.41, 5.74) is 1.20. The van der Waals surface area contributed by atoms with Crippen LogP contribution in [0.15, 0.2) is 53.4 Å². The molecule has 0 bridgehead atoms. The lowest BCUT2D eigenvalue weighted by Gasteiger charge is -2.17. The molecule has 1 atom stereocenters. The van der Waals surface area contributed by atoms with Gasteiger partial charge >= 0.3 is 0 Å². The molecule has 0 aliphatic rings. The number of hydrogen-bond donors (Lipinski definition) is 2. The molecule has 0 aromatic heterocycles. The van der Waals surface area contributed by atoms with Crippen LogP contribution in [0.25, 0.3) is 0 Å². The topological polar surface area (TPSA) is 84.5 Å². The summed E-state index contributed by atoms with van der Waals surface area (Å²) >= 11 is 0. The van der Waals surface area contributed by atoms with Crippen LogP contribution in [-0.4, -0.2) is 28.0 Å². The van der Waals surface area contributed by atoms with E-state index in [0.29, 0.717) is 11.3 Å². The number of sulfonamides is 1. The Hall–Kier alpha value is -2.82. The van der Waals surface area contributed by atoms with Crippen LogP contribution in [0.4, 0.5) is 0 Å². The normalized spacial score (nSPS) is 12.0. The van der Waals surface area contributed by atoms with Crippen molar-refractivity contribution >= 4 is 15.9 Å². The van der Waals surface area contributed by atoms with E-state index >= 15 is 0 Å². The second-order valence-corrected chi connectivity index (χ2v) is 7.26. The summed E-state index contributed by atoms with van der Waals surface area (Å²) in [5.74, 6) is 2.57. The highest BCUT2D eigenvalue weighted by molar-refractivity contribution is 7.89. The zero-order valence-corrected chi connectivity index (χ0v) is 15.3. The molecule has 0 spiro atoms. The molecule has 26 heavy (non-hydrogen) atoms. The molecule has 2 rings (SSSR count). The summed E-state index contributed by atoms with van der Waals surface area (Å²) in [7, 11) is -2.11. The number of hydrogen-bond acceptors (Lipinski definition) is 4. The van der Waals surface area contributed by atoms with Crippen LogP contribution in [0, 0.1) is 12.3 Å². The highest BCUT2D eigenvalue weighted by Gasteiger charge is 2.17. The van der Waals surface area contributed by atoms with E-state index in [9.17, 15) is 13.2 Å². The van der Waals surface area contributed by atoms with Crippen molar-refractivity contribution in [3.05, 3.63) is 59.7 Å². The second kappa shape index (κ2) is 8.52. The molecule has 0 aliphatic carbocycles. The smallest absolute Gasteiger partial charge is 0.251 e. The van der Waals surface area contributed by atoms with E-state index in [0.717, 1.165) is 5.56 Å². The van der Waals surface area contributed by atoms with E-state index in [1.54, 1.807) is 7.11 Å². The van der Waals surface area contributed by atoms with Gasteiger partial charge in [-0.05, 0) is 37.3 Å². The van der Waals surface area contributed by atoms with Crippen molar-refractivity contribution < 1.29 is 17.9 Å². The van der Waals surface area contributed by atoms with Gasteiger partial charge in [0.2, 0.25) is 10.0 Å². The number of terminal acetylenes is 1. The molecular formula is C19H20N2O4S. The Labute approximate surface area is 153 Å². The lowest BCUT2D eigenvalue weighted by Crippen LogP contribution is -2.27. The number of methoxy groups -OCH3 is 1.